The van der Waals surface area contributed by atoms with Crippen LogP contribution in [0.3, 0.4) is 0 Å². The molecule has 0 fully saturated rings. The van der Waals surface area contributed by atoms with E-state index in [0.29, 0.717) is 44.8 Å². The van der Waals surface area contributed by atoms with Crippen molar-refractivity contribution in [2.75, 3.05) is 20.8 Å². The minimum Gasteiger partial charge on any atom is -0.493 e. The number of carbonyl (C=O) groups excluding carboxylic acids is 1. The molecule has 2 aromatic heterocycles. The maximum Gasteiger partial charge on any atom is 0.341 e. The summed E-state index contributed by atoms with van der Waals surface area (Å²) in [6.07, 6.45) is 4.93. The first-order valence-corrected chi connectivity index (χ1v) is 11.5. The van der Waals surface area contributed by atoms with Crippen molar-refractivity contribution in [1.29, 1.82) is 0 Å². The molecule has 11 heteroatoms. The van der Waals surface area contributed by atoms with Gasteiger partial charge >= 0.3 is 12.0 Å². The molecule has 0 spiro atoms. The van der Waals surface area contributed by atoms with Crippen LogP contribution in [0, 0.1) is 0 Å². The molecule has 1 aromatic carbocycles. The minimum absolute atomic E-state index is 0.175. The largest absolute Gasteiger partial charge is 0.493 e. The van der Waals surface area contributed by atoms with Crippen molar-refractivity contribution in [2.24, 2.45) is 0 Å². The normalized spacial score (nSPS) is 13.4. The average Bonchev–Trinajstić information content (AvgIpc) is 3.48. The number of carboxylic acid groups (broad SMARTS) is 1. The number of carbonyl (C=O) groups is 2. The van der Waals surface area contributed by atoms with Crippen molar-refractivity contribution < 1.29 is 33.3 Å². The minimum atomic E-state index is -1.13. The molecular weight excluding hydrogens is 502 g/mol. The second kappa shape index (κ2) is 11.1. The summed E-state index contributed by atoms with van der Waals surface area (Å²) in [6, 6.07) is 8.21. The Hall–Kier alpha value is -4.44. The molecule has 0 aliphatic heterocycles. The number of fused-ring (bicyclic) bond motifs is 1. The first kappa shape index (κ1) is 25.6. The number of aromatic nitrogens is 1. The van der Waals surface area contributed by atoms with Crippen LogP contribution in [0.1, 0.15) is 29.5 Å². The van der Waals surface area contributed by atoms with Crippen LogP contribution in [0.5, 0.6) is 17.2 Å². The summed E-state index contributed by atoms with van der Waals surface area (Å²) < 4.78 is 21.5. The maximum atomic E-state index is 12.7. The molecule has 1 aliphatic carbocycles. The zero-order chi connectivity index (χ0) is 26.5. The highest BCUT2D eigenvalue weighted by atomic mass is 35.5. The van der Waals surface area contributed by atoms with Crippen LogP contribution in [-0.4, -0.2) is 42.9 Å². The number of furan rings is 1. The molecule has 0 atom stereocenters. The van der Waals surface area contributed by atoms with E-state index in [0.717, 1.165) is 11.1 Å². The lowest BCUT2D eigenvalue weighted by atomic mass is 10.0. The van der Waals surface area contributed by atoms with E-state index in [1.807, 2.05) is 13.0 Å². The van der Waals surface area contributed by atoms with E-state index in [2.05, 4.69) is 15.6 Å². The van der Waals surface area contributed by atoms with Gasteiger partial charge in [-0.2, -0.15) is 0 Å². The van der Waals surface area contributed by atoms with E-state index in [4.69, 9.17) is 35.3 Å². The van der Waals surface area contributed by atoms with Gasteiger partial charge in [-0.15, -0.1) is 0 Å². The molecule has 0 saturated heterocycles. The molecule has 1 aliphatic rings. The van der Waals surface area contributed by atoms with Gasteiger partial charge in [-0.05, 0) is 54.5 Å². The Bertz CT molecular complexity index is 1370. The summed E-state index contributed by atoms with van der Waals surface area (Å²) in [5, 5.41) is 15.1. The number of ether oxygens (including phenoxy) is 3. The van der Waals surface area contributed by atoms with Gasteiger partial charge < -0.3 is 34.4 Å². The lowest BCUT2D eigenvalue weighted by molar-refractivity contribution is -0.139. The van der Waals surface area contributed by atoms with E-state index in [1.54, 1.807) is 30.3 Å². The summed E-state index contributed by atoms with van der Waals surface area (Å²) in [4.78, 5) is 28.1. The number of halogens is 1. The van der Waals surface area contributed by atoms with Gasteiger partial charge in [0, 0.05) is 17.3 Å². The summed E-state index contributed by atoms with van der Waals surface area (Å²) >= 11 is 6.22. The molecule has 2 heterocycles. The zero-order valence-electron chi connectivity index (χ0n) is 20.3. The van der Waals surface area contributed by atoms with Crippen LogP contribution >= 0.6 is 11.6 Å². The molecule has 0 radical (unpaired) electrons. The third kappa shape index (κ3) is 5.70. The van der Waals surface area contributed by atoms with Gasteiger partial charge in [0.2, 0.25) is 5.75 Å². The third-order valence-electron chi connectivity index (χ3n) is 5.53. The van der Waals surface area contributed by atoms with Crippen LogP contribution in [-0.2, 0) is 11.3 Å². The second-order valence-corrected chi connectivity index (χ2v) is 8.37. The molecule has 3 N–H and O–H groups in total. The van der Waals surface area contributed by atoms with Crippen LogP contribution in [0.2, 0.25) is 5.02 Å². The van der Waals surface area contributed by atoms with Gasteiger partial charge in [0.05, 0.1) is 43.4 Å². The molecule has 192 valence electrons. The maximum absolute atomic E-state index is 12.7. The van der Waals surface area contributed by atoms with Crippen LogP contribution < -0.4 is 24.8 Å². The number of nitrogens with zero attached hydrogens (tertiary/aromatic N) is 1. The van der Waals surface area contributed by atoms with E-state index in [9.17, 15) is 9.59 Å². The van der Waals surface area contributed by atoms with Gasteiger partial charge in [0.1, 0.15) is 5.76 Å². The number of pyridine rings is 1. The van der Waals surface area contributed by atoms with Crippen molar-refractivity contribution in [3.63, 3.8) is 0 Å². The van der Waals surface area contributed by atoms with Crippen LogP contribution in [0.25, 0.3) is 17.3 Å². The number of amides is 2. The van der Waals surface area contributed by atoms with E-state index in [-0.39, 0.29) is 12.3 Å². The lowest BCUT2D eigenvalue weighted by Gasteiger charge is -2.14. The topological polar surface area (TPSA) is 132 Å². The molecule has 10 nitrogen and oxygen atoms in total. The Balaban J connectivity index is 1.69. The number of methoxy groups -OCH3 is 2. The predicted molar refractivity (Wildman–Crippen MR) is 136 cm³/mol. The molecular formula is C26H24ClN3O7. The van der Waals surface area contributed by atoms with Crippen LogP contribution in [0.15, 0.2) is 52.8 Å². The van der Waals surface area contributed by atoms with Crippen molar-refractivity contribution in [2.45, 2.75) is 13.5 Å². The second-order valence-electron chi connectivity index (χ2n) is 7.93. The summed E-state index contributed by atoms with van der Waals surface area (Å²) in [5.74, 6) is 0.265. The molecule has 0 unspecified atom stereocenters. The molecule has 2 amide bonds. The Morgan fingerprint density at radius 2 is 1.92 bits per heavy atom. The molecule has 4 rings (SSSR count). The van der Waals surface area contributed by atoms with Gasteiger partial charge in [0.15, 0.2) is 18.1 Å². The van der Waals surface area contributed by atoms with Crippen molar-refractivity contribution >= 4 is 40.9 Å². The quantitative estimate of drug-likeness (QED) is 0.369. The molecule has 3 aromatic rings. The number of nitrogens with one attached hydrogen (secondary N) is 2. The van der Waals surface area contributed by atoms with Gasteiger partial charge in [0.25, 0.3) is 0 Å². The molecule has 0 bridgehead atoms. The highest BCUT2D eigenvalue weighted by Gasteiger charge is 2.27. The standard InChI is InChI=1S/C26H24ClN3O7/c1-14-18(7-15-8-20(34-2)25(21(9-15)35-3)37-13-22(31)32)24-19(10-16(27)11-28-24)23(14)30-26(33)29-12-17-5-4-6-36-17/h4-11H,12-13H2,1-3H3,(H,31,32)(H2,29,30,33). The average molecular weight is 526 g/mol. The molecule has 37 heavy (non-hydrogen) atoms. The number of benzene rings is 1. The van der Waals surface area contributed by atoms with E-state index < -0.39 is 18.6 Å². The first-order chi connectivity index (χ1) is 17.8. The lowest BCUT2D eigenvalue weighted by Crippen LogP contribution is -2.33. The smallest absolute Gasteiger partial charge is 0.341 e. The number of allylic oxidation sites excluding steroid dienone is 2. The van der Waals surface area contributed by atoms with E-state index >= 15 is 0 Å². The van der Waals surface area contributed by atoms with Gasteiger partial charge in [-0.25, -0.2) is 9.59 Å². The summed E-state index contributed by atoms with van der Waals surface area (Å²) in [5.41, 5.74) is 4.06. The highest BCUT2D eigenvalue weighted by Crippen LogP contribution is 2.43. The van der Waals surface area contributed by atoms with Crippen molar-refractivity contribution in [3.05, 3.63) is 76.0 Å². The summed E-state index contributed by atoms with van der Waals surface area (Å²) in [7, 11) is 2.89. The SMILES string of the molecule is COc1cc(C=C2C(C)=C(NC(=O)NCc3ccco3)c3cc(Cl)cnc32)cc(OC)c1OCC(=O)O. The Morgan fingerprint density at radius 1 is 1.19 bits per heavy atom. The summed E-state index contributed by atoms with van der Waals surface area (Å²) in [6.45, 7) is 1.54. The highest BCUT2D eigenvalue weighted by molar-refractivity contribution is 6.30. The Morgan fingerprint density at radius 3 is 2.54 bits per heavy atom. The number of hydrogen-bond acceptors (Lipinski definition) is 7. The fourth-order valence-corrected chi connectivity index (χ4v) is 4.02. The first-order valence-electron chi connectivity index (χ1n) is 11.1. The fraction of sp³-hybridized carbons (Fsp3) is 0.192. The number of aliphatic carboxylic acids is 1. The molecule has 0 saturated carbocycles. The van der Waals surface area contributed by atoms with Crippen LogP contribution in [0.4, 0.5) is 4.79 Å². The number of carboxylic acids is 1. The Kier molecular flexibility index (Phi) is 7.69. The Labute approximate surface area is 217 Å². The zero-order valence-corrected chi connectivity index (χ0v) is 21.0. The predicted octanol–water partition coefficient (Wildman–Crippen LogP) is 4.59. The third-order valence-corrected chi connectivity index (χ3v) is 5.74. The van der Waals surface area contributed by atoms with Gasteiger partial charge in [-0.3, -0.25) is 4.98 Å². The van der Waals surface area contributed by atoms with E-state index in [1.165, 1.54) is 26.7 Å². The van der Waals surface area contributed by atoms with Gasteiger partial charge in [-0.1, -0.05) is 11.6 Å². The van der Waals surface area contributed by atoms with Crippen molar-refractivity contribution in [3.8, 4) is 17.2 Å². The monoisotopic (exact) mass is 525 g/mol. The number of rotatable bonds is 9. The van der Waals surface area contributed by atoms with Crippen molar-refractivity contribution in [1.82, 2.24) is 15.6 Å². The number of hydrogen-bond donors (Lipinski definition) is 3. The number of urea groups is 1. The fourth-order valence-electron chi connectivity index (χ4n) is 3.86.